The molecular weight excluding hydrogens is 318 g/mol. The summed E-state index contributed by atoms with van der Waals surface area (Å²) < 4.78 is 6.39. The number of carbonyl (C=O) groups excluding carboxylic acids is 2. The first-order chi connectivity index (χ1) is 10.9. The lowest BCUT2D eigenvalue weighted by Crippen LogP contribution is -2.16. The Labute approximate surface area is 138 Å². The SMILES string of the molecule is CCn1nnnc1S[C@H](C)C(=O)c1[nH]c(C)c(C(=O)OC)c1C. The van der Waals surface area contributed by atoms with Crippen LogP contribution in [0.5, 0.6) is 0 Å². The number of ether oxygens (including phenoxy) is 1. The molecule has 124 valence electrons. The summed E-state index contributed by atoms with van der Waals surface area (Å²) >= 11 is 1.28. The number of ketones is 1. The van der Waals surface area contributed by atoms with E-state index in [9.17, 15) is 9.59 Å². The number of tetrazole rings is 1. The lowest BCUT2D eigenvalue weighted by Gasteiger charge is -2.09. The number of esters is 1. The zero-order valence-electron chi connectivity index (χ0n) is 13.7. The smallest absolute Gasteiger partial charge is 0.339 e. The van der Waals surface area contributed by atoms with Crippen molar-refractivity contribution < 1.29 is 14.3 Å². The van der Waals surface area contributed by atoms with Gasteiger partial charge in [0.05, 0.1) is 23.6 Å². The van der Waals surface area contributed by atoms with Crippen molar-refractivity contribution in [3.8, 4) is 0 Å². The topological polar surface area (TPSA) is 103 Å². The normalized spacial score (nSPS) is 12.2. The lowest BCUT2D eigenvalue weighted by atomic mass is 10.1. The summed E-state index contributed by atoms with van der Waals surface area (Å²) in [6, 6.07) is 0. The Morgan fingerprint density at radius 3 is 2.70 bits per heavy atom. The van der Waals surface area contributed by atoms with Crippen LogP contribution in [0.3, 0.4) is 0 Å². The first-order valence-corrected chi connectivity index (χ1v) is 8.03. The molecule has 0 bridgehead atoms. The highest BCUT2D eigenvalue weighted by Crippen LogP contribution is 2.26. The number of rotatable bonds is 6. The number of hydrogen-bond acceptors (Lipinski definition) is 7. The van der Waals surface area contributed by atoms with E-state index in [2.05, 4.69) is 20.5 Å². The summed E-state index contributed by atoms with van der Waals surface area (Å²) in [5.74, 6) is -0.568. The molecule has 2 aromatic heterocycles. The van der Waals surface area contributed by atoms with E-state index in [-0.39, 0.29) is 5.78 Å². The predicted molar refractivity (Wildman–Crippen MR) is 84.7 cm³/mol. The molecule has 1 N–H and O–H groups in total. The van der Waals surface area contributed by atoms with Crippen molar-refractivity contribution in [2.75, 3.05) is 7.11 Å². The van der Waals surface area contributed by atoms with Crippen LogP contribution in [0.2, 0.25) is 0 Å². The van der Waals surface area contributed by atoms with Crippen molar-refractivity contribution in [3.63, 3.8) is 0 Å². The monoisotopic (exact) mass is 337 g/mol. The molecule has 0 fully saturated rings. The Kier molecular flexibility index (Phi) is 5.19. The summed E-state index contributed by atoms with van der Waals surface area (Å²) in [5.41, 5.74) is 2.04. The third-order valence-electron chi connectivity index (χ3n) is 3.52. The fourth-order valence-electron chi connectivity index (χ4n) is 2.30. The van der Waals surface area contributed by atoms with Crippen molar-refractivity contribution in [3.05, 3.63) is 22.5 Å². The second-order valence-electron chi connectivity index (χ2n) is 5.02. The average Bonchev–Trinajstić information content (AvgIpc) is 3.09. The fourth-order valence-corrected chi connectivity index (χ4v) is 3.21. The molecule has 0 saturated carbocycles. The number of carbonyl (C=O) groups is 2. The summed E-state index contributed by atoms with van der Waals surface area (Å²) in [4.78, 5) is 27.5. The van der Waals surface area contributed by atoms with Crippen LogP contribution < -0.4 is 0 Å². The Morgan fingerprint density at radius 2 is 2.09 bits per heavy atom. The molecule has 0 radical (unpaired) electrons. The van der Waals surface area contributed by atoms with Gasteiger partial charge in [0.25, 0.3) is 0 Å². The molecule has 2 aromatic rings. The molecule has 1 atom stereocenters. The van der Waals surface area contributed by atoms with E-state index in [1.54, 1.807) is 25.5 Å². The maximum atomic E-state index is 12.7. The molecule has 0 amide bonds. The van der Waals surface area contributed by atoms with Gasteiger partial charge in [-0.2, -0.15) is 0 Å². The molecule has 2 heterocycles. The first-order valence-electron chi connectivity index (χ1n) is 7.15. The van der Waals surface area contributed by atoms with Gasteiger partial charge in [0.1, 0.15) is 0 Å². The van der Waals surface area contributed by atoms with Crippen molar-refractivity contribution in [1.29, 1.82) is 0 Å². The van der Waals surface area contributed by atoms with Gasteiger partial charge in [-0.3, -0.25) is 4.79 Å². The maximum absolute atomic E-state index is 12.7. The minimum absolute atomic E-state index is 0.114. The van der Waals surface area contributed by atoms with Crippen molar-refractivity contribution in [2.45, 2.75) is 44.6 Å². The zero-order valence-corrected chi connectivity index (χ0v) is 14.5. The van der Waals surface area contributed by atoms with E-state index in [0.717, 1.165) is 0 Å². The summed E-state index contributed by atoms with van der Waals surface area (Å²) in [6.07, 6.45) is 0. The van der Waals surface area contributed by atoms with E-state index in [4.69, 9.17) is 4.74 Å². The second-order valence-corrected chi connectivity index (χ2v) is 6.33. The van der Waals surface area contributed by atoms with E-state index in [0.29, 0.717) is 34.2 Å². The lowest BCUT2D eigenvalue weighted by molar-refractivity contribution is 0.0599. The summed E-state index contributed by atoms with van der Waals surface area (Å²) in [6.45, 7) is 7.81. The van der Waals surface area contributed by atoms with E-state index in [1.807, 2.05) is 6.92 Å². The molecule has 2 rings (SSSR count). The number of aromatic amines is 1. The van der Waals surface area contributed by atoms with Crippen LogP contribution in [0.4, 0.5) is 0 Å². The zero-order chi connectivity index (χ0) is 17.1. The maximum Gasteiger partial charge on any atom is 0.339 e. The number of hydrogen-bond donors (Lipinski definition) is 1. The molecular formula is C14H19N5O3S. The molecule has 0 aromatic carbocycles. The van der Waals surface area contributed by atoms with Gasteiger partial charge in [0.15, 0.2) is 5.78 Å². The van der Waals surface area contributed by atoms with Crippen molar-refractivity contribution in [1.82, 2.24) is 25.2 Å². The number of aryl methyl sites for hydroxylation is 2. The Bertz CT molecular complexity index is 737. The van der Waals surface area contributed by atoms with Gasteiger partial charge >= 0.3 is 5.97 Å². The van der Waals surface area contributed by atoms with Gasteiger partial charge in [-0.15, -0.1) is 5.10 Å². The number of H-pyrrole nitrogens is 1. The number of Topliss-reactive ketones (excluding diaryl/α,β-unsaturated/α-hetero) is 1. The quantitative estimate of drug-likeness (QED) is 0.487. The first kappa shape index (κ1) is 17.2. The number of thioether (sulfide) groups is 1. The van der Waals surface area contributed by atoms with Gasteiger partial charge in [-0.05, 0) is 43.7 Å². The summed E-state index contributed by atoms with van der Waals surface area (Å²) in [7, 11) is 1.32. The third-order valence-corrected chi connectivity index (χ3v) is 4.59. The van der Waals surface area contributed by atoms with E-state index in [1.165, 1.54) is 18.9 Å². The Hall–Kier alpha value is -2.16. The van der Waals surface area contributed by atoms with Crippen LogP contribution in [0.15, 0.2) is 5.16 Å². The molecule has 9 heteroatoms. The molecule has 0 spiro atoms. The molecule has 8 nitrogen and oxygen atoms in total. The highest BCUT2D eigenvalue weighted by atomic mass is 32.2. The highest BCUT2D eigenvalue weighted by Gasteiger charge is 2.26. The van der Waals surface area contributed by atoms with Crippen molar-refractivity contribution >= 4 is 23.5 Å². The molecule has 23 heavy (non-hydrogen) atoms. The largest absolute Gasteiger partial charge is 0.465 e. The Morgan fingerprint density at radius 1 is 1.39 bits per heavy atom. The van der Waals surface area contributed by atoms with Crippen LogP contribution in [-0.2, 0) is 11.3 Å². The molecule has 0 aliphatic heterocycles. The van der Waals surface area contributed by atoms with Crippen molar-refractivity contribution in [2.24, 2.45) is 0 Å². The standard InChI is InChI=1S/C14H19N5O3S/c1-6-19-14(16-17-18-19)23-9(4)12(20)11-7(2)10(8(3)15-11)13(21)22-5/h9,15H,6H2,1-5H3/t9-/m1/s1. The van der Waals surface area contributed by atoms with Gasteiger partial charge in [0, 0.05) is 12.2 Å². The number of nitrogens with one attached hydrogen (secondary N) is 1. The van der Waals surface area contributed by atoms with Gasteiger partial charge in [-0.1, -0.05) is 11.8 Å². The van der Waals surface area contributed by atoms with Crippen LogP contribution in [0.1, 0.15) is 46.0 Å². The van der Waals surface area contributed by atoms with Crippen LogP contribution >= 0.6 is 11.8 Å². The van der Waals surface area contributed by atoms with E-state index < -0.39 is 11.2 Å². The van der Waals surface area contributed by atoms with Gasteiger partial charge < -0.3 is 9.72 Å². The third kappa shape index (κ3) is 3.29. The number of methoxy groups -OCH3 is 1. The summed E-state index contributed by atoms with van der Waals surface area (Å²) in [5, 5.41) is 11.6. The van der Waals surface area contributed by atoms with Gasteiger partial charge in [-0.25, -0.2) is 9.48 Å². The fraction of sp³-hybridized carbons (Fsp3) is 0.500. The van der Waals surface area contributed by atoms with Gasteiger partial charge in [0.2, 0.25) is 5.16 Å². The molecule has 0 saturated heterocycles. The molecule has 0 aliphatic rings. The van der Waals surface area contributed by atoms with Crippen LogP contribution in [-0.4, -0.2) is 49.3 Å². The van der Waals surface area contributed by atoms with Crippen LogP contribution in [0, 0.1) is 13.8 Å². The Balaban J connectivity index is 2.25. The number of aromatic nitrogens is 5. The predicted octanol–water partition coefficient (Wildman–Crippen LogP) is 1.79. The number of nitrogens with zero attached hydrogens (tertiary/aromatic N) is 4. The minimum Gasteiger partial charge on any atom is -0.465 e. The molecule has 0 aliphatic carbocycles. The van der Waals surface area contributed by atoms with Crippen LogP contribution in [0.25, 0.3) is 0 Å². The average molecular weight is 337 g/mol. The highest BCUT2D eigenvalue weighted by molar-refractivity contribution is 8.00. The molecule has 0 unspecified atom stereocenters. The minimum atomic E-state index is -0.453. The van der Waals surface area contributed by atoms with E-state index >= 15 is 0 Å². The second kappa shape index (κ2) is 6.95.